The number of aromatic nitrogens is 2. The van der Waals surface area contributed by atoms with Gasteiger partial charge >= 0.3 is 0 Å². The lowest BCUT2D eigenvalue weighted by Crippen LogP contribution is -2.58. The average Bonchev–Trinajstić information content (AvgIpc) is 2.70. The van der Waals surface area contributed by atoms with Crippen LogP contribution in [0.3, 0.4) is 0 Å². The Labute approximate surface area is 110 Å². The van der Waals surface area contributed by atoms with E-state index in [9.17, 15) is 0 Å². The van der Waals surface area contributed by atoms with Crippen molar-refractivity contribution in [2.45, 2.75) is 25.4 Å². The first-order chi connectivity index (χ1) is 8.38. The monoisotopic (exact) mass is 251 g/mol. The van der Waals surface area contributed by atoms with E-state index in [0.717, 1.165) is 31.7 Å². The molecule has 1 aliphatic heterocycles. The summed E-state index contributed by atoms with van der Waals surface area (Å²) in [6, 6.07) is 0.0536. The molecule has 2 N–H and O–H groups in total. The molecule has 0 saturated carbocycles. The van der Waals surface area contributed by atoms with Crippen molar-refractivity contribution < 1.29 is 0 Å². The molecule has 1 unspecified atom stereocenters. The predicted octanol–water partition coefficient (Wildman–Crippen LogP) is 0.446. The SMILES string of the molecule is CN1CCN(CC(N)c2cnn(C)c2)CC1(C)C. The highest BCUT2D eigenvalue weighted by molar-refractivity contribution is 5.10. The zero-order chi connectivity index (χ0) is 13.3. The van der Waals surface area contributed by atoms with Crippen LogP contribution in [0.1, 0.15) is 25.5 Å². The molecule has 1 atom stereocenters. The zero-order valence-electron chi connectivity index (χ0n) is 11.9. The van der Waals surface area contributed by atoms with Crippen molar-refractivity contribution in [2.75, 3.05) is 33.2 Å². The second-order valence-electron chi connectivity index (χ2n) is 6.02. The summed E-state index contributed by atoms with van der Waals surface area (Å²) < 4.78 is 1.81. The van der Waals surface area contributed by atoms with Crippen molar-refractivity contribution in [1.29, 1.82) is 0 Å². The fraction of sp³-hybridized carbons (Fsp3) is 0.769. The van der Waals surface area contributed by atoms with Gasteiger partial charge in [0.15, 0.2) is 0 Å². The maximum Gasteiger partial charge on any atom is 0.0537 e. The van der Waals surface area contributed by atoms with E-state index >= 15 is 0 Å². The molecule has 5 nitrogen and oxygen atoms in total. The van der Waals surface area contributed by atoms with E-state index in [1.807, 2.05) is 24.1 Å². The molecule has 2 rings (SSSR count). The van der Waals surface area contributed by atoms with Gasteiger partial charge in [0, 0.05) is 56.6 Å². The average molecular weight is 251 g/mol. The molecule has 18 heavy (non-hydrogen) atoms. The number of rotatable bonds is 3. The summed E-state index contributed by atoms with van der Waals surface area (Å²) >= 11 is 0. The molecule has 1 fully saturated rings. The number of aryl methyl sites for hydroxylation is 1. The van der Waals surface area contributed by atoms with Gasteiger partial charge < -0.3 is 5.73 Å². The van der Waals surface area contributed by atoms with Crippen LogP contribution in [0.4, 0.5) is 0 Å². The standard InChI is InChI=1S/C13H25N5/c1-13(2)10-18(6-5-16(13)3)9-12(14)11-7-15-17(4)8-11/h7-8,12H,5-6,9-10,14H2,1-4H3. The van der Waals surface area contributed by atoms with Gasteiger partial charge in [0.1, 0.15) is 0 Å². The summed E-state index contributed by atoms with van der Waals surface area (Å²) in [5.41, 5.74) is 7.60. The van der Waals surface area contributed by atoms with Crippen molar-refractivity contribution >= 4 is 0 Å². The molecule has 0 radical (unpaired) electrons. The summed E-state index contributed by atoms with van der Waals surface area (Å²) in [6.45, 7) is 8.74. The van der Waals surface area contributed by atoms with E-state index in [2.05, 4.69) is 35.8 Å². The van der Waals surface area contributed by atoms with Crippen molar-refractivity contribution in [3.63, 3.8) is 0 Å². The van der Waals surface area contributed by atoms with Crippen molar-refractivity contribution in [2.24, 2.45) is 12.8 Å². The van der Waals surface area contributed by atoms with Gasteiger partial charge in [0.2, 0.25) is 0 Å². The van der Waals surface area contributed by atoms with Crippen LogP contribution in [0.5, 0.6) is 0 Å². The molecular weight excluding hydrogens is 226 g/mol. The number of likely N-dealkylation sites (N-methyl/N-ethyl adjacent to an activating group) is 1. The van der Waals surface area contributed by atoms with Crippen LogP contribution in [0.25, 0.3) is 0 Å². The van der Waals surface area contributed by atoms with E-state index in [0.29, 0.717) is 0 Å². The molecule has 0 amide bonds. The zero-order valence-corrected chi connectivity index (χ0v) is 11.9. The third-order valence-corrected chi connectivity index (χ3v) is 4.00. The van der Waals surface area contributed by atoms with E-state index in [1.54, 1.807) is 0 Å². The van der Waals surface area contributed by atoms with Crippen LogP contribution < -0.4 is 5.73 Å². The Morgan fingerprint density at radius 3 is 2.67 bits per heavy atom. The molecule has 1 aliphatic rings. The third kappa shape index (κ3) is 2.91. The lowest BCUT2D eigenvalue weighted by molar-refractivity contribution is 0.0372. The molecular formula is C13H25N5. The van der Waals surface area contributed by atoms with Gasteiger partial charge in [-0.05, 0) is 20.9 Å². The maximum absolute atomic E-state index is 6.25. The number of piperazine rings is 1. The van der Waals surface area contributed by atoms with Crippen LogP contribution >= 0.6 is 0 Å². The van der Waals surface area contributed by atoms with E-state index in [-0.39, 0.29) is 11.6 Å². The largest absolute Gasteiger partial charge is 0.323 e. The number of nitrogens with two attached hydrogens (primary N) is 1. The third-order valence-electron chi connectivity index (χ3n) is 4.00. The summed E-state index contributed by atoms with van der Waals surface area (Å²) in [7, 11) is 4.12. The molecule has 102 valence electrons. The lowest BCUT2D eigenvalue weighted by atomic mass is 9.99. The minimum Gasteiger partial charge on any atom is -0.323 e. The highest BCUT2D eigenvalue weighted by Gasteiger charge is 2.31. The fourth-order valence-corrected chi connectivity index (χ4v) is 2.51. The first kappa shape index (κ1) is 13.5. The van der Waals surface area contributed by atoms with Gasteiger partial charge in [-0.25, -0.2) is 0 Å². The molecule has 1 aromatic rings. The van der Waals surface area contributed by atoms with E-state index in [4.69, 9.17) is 5.73 Å². The second kappa shape index (κ2) is 4.99. The molecule has 1 aromatic heterocycles. The topological polar surface area (TPSA) is 50.3 Å². The van der Waals surface area contributed by atoms with Crippen molar-refractivity contribution in [3.05, 3.63) is 18.0 Å². The normalized spacial score (nSPS) is 23.2. The van der Waals surface area contributed by atoms with Crippen molar-refractivity contribution in [3.8, 4) is 0 Å². The van der Waals surface area contributed by atoms with Crippen LogP contribution in [0, 0.1) is 0 Å². The smallest absolute Gasteiger partial charge is 0.0537 e. The van der Waals surface area contributed by atoms with Gasteiger partial charge in [0.05, 0.1) is 6.20 Å². The Kier molecular flexibility index (Phi) is 3.75. The molecule has 0 bridgehead atoms. The number of hydrogen-bond donors (Lipinski definition) is 1. The Morgan fingerprint density at radius 1 is 1.39 bits per heavy atom. The number of nitrogens with zero attached hydrogens (tertiary/aromatic N) is 4. The highest BCUT2D eigenvalue weighted by atomic mass is 15.3. The Balaban J connectivity index is 1.94. The number of hydrogen-bond acceptors (Lipinski definition) is 4. The summed E-state index contributed by atoms with van der Waals surface area (Å²) in [6.07, 6.45) is 3.87. The summed E-state index contributed by atoms with van der Waals surface area (Å²) in [4.78, 5) is 4.87. The Morgan fingerprint density at radius 2 is 2.11 bits per heavy atom. The minimum atomic E-state index is 0.0536. The molecule has 5 heteroatoms. The molecule has 2 heterocycles. The fourth-order valence-electron chi connectivity index (χ4n) is 2.51. The first-order valence-corrected chi connectivity index (χ1v) is 6.56. The van der Waals surface area contributed by atoms with Gasteiger partial charge in [-0.2, -0.15) is 5.10 Å². The highest BCUT2D eigenvalue weighted by Crippen LogP contribution is 2.20. The molecule has 0 spiro atoms. The van der Waals surface area contributed by atoms with Crippen molar-refractivity contribution in [1.82, 2.24) is 19.6 Å². The van der Waals surface area contributed by atoms with Crippen LogP contribution in [-0.2, 0) is 7.05 Å². The quantitative estimate of drug-likeness (QED) is 0.847. The molecule has 0 aromatic carbocycles. The van der Waals surface area contributed by atoms with Crippen LogP contribution in [0.2, 0.25) is 0 Å². The maximum atomic E-state index is 6.25. The van der Waals surface area contributed by atoms with Gasteiger partial charge in [-0.1, -0.05) is 0 Å². The molecule has 1 saturated heterocycles. The summed E-state index contributed by atoms with van der Waals surface area (Å²) in [5, 5.41) is 4.18. The minimum absolute atomic E-state index is 0.0536. The predicted molar refractivity (Wildman–Crippen MR) is 73.3 cm³/mol. The molecule has 0 aliphatic carbocycles. The first-order valence-electron chi connectivity index (χ1n) is 6.56. The Hall–Kier alpha value is -0.910. The van der Waals surface area contributed by atoms with Gasteiger partial charge in [-0.15, -0.1) is 0 Å². The van der Waals surface area contributed by atoms with Gasteiger partial charge in [0.25, 0.3) is 0 Å². The van der Waals surface area contributed by atoms with Crippen LogP contribution in [-0.4, -0.2) is 58.3 Å². The van der Waals surface area contributed by atoms with Gasteiger partial charge in [-0.3, -0.25) is 14.5 Å². The van der Waals surface area contributed by atoms with E-state index < -0.39 is 0 Å². The van der Waals surface area contributed by atoms with E-state index in [1.165, 1.54) is 0 Å². The van der Waals surface area contributed by atoms with Crippen LogP contribution in [0.15, 0.2) is 12.4 Å². The lowest BCUT2D eigenvalue weighted by Gasteiger charge is -2.45. The second-order valence-corrected chi connectivity index (χ2v) is 6.02. The summed E-state index contributed by atoms with van der Waals surface area (Å²) in [5.74, 6) is 0. The Bertz CT molecular complexity index is 398.